The molecule has 2 aliphatic heterocycles. The van der Waals surface area contributed by atoms with Crippen molar-refractivity contribution in [1.82, 2.24) is 0 Å². The molecular formula is C24H28NO5+. The van der Waals surface area contributed by atoms with E-state index in [1.165, 1.54) is 24.2 Å². The zero-order chi connectivity index (χ0) is 21.3. The molecule has 2 aromatic carbocycles. The summed E-state index contributed by atoms with van der Waals surface area (Å²) in [5, 5.41) is 10.5. The number of piperidine rings is 1. The highest BCUT2D eigenvalue weighted by molar-refractivity contribution is 6.15. The van der Waals surface area contributed by atoms with Crippen LogP contribution in [0.3, 0.4) is 0 Å². The molecule has 0 saturated carbocycles. The minimum Gasteiger partial charge on any atom is -0.507 e. The van der Waals surface area contributed by atoms with Crippen LogP contribution in [0.1, 0.15) is 47.7 Å². The number of nitrogens with one attached hydrogen (secondary N) is 1. The molecule has 6 heteroatoms. The van der Waals surface area contributed by atoms with Gasteiger partial charge in [0.25, 0.3) is 0 Å². The molecule has 158 valence electrons. The van der Waals surface area contributed by atoms with Gasteiger partial charge in [0.05, 0.1) is 37.9 Å². The molecule has 2 heterocycles. The smallest absolute Gasteiger partial charge is 0.231 e. The van der Waals surface area contributed by atoms with Gasteiger partial charge in [-0.1, -0.05) is 0 Å². The Morgan fingerprint density at radius 2 is 2.03 bits per heavy atom. The summed E-state index contributed by atoms with van der Waals surface area (Å²) >= 11 is 0. The third kappa shape index (κ3) is 3.75. The van der Waals surface area contributed by atoms with Gasteiger partial charge in [-0.25, -0.2) is 0 Å². The molecule has 30 heavy (non-hydrogen) atoms. The van der Waals surface area contributed by atoms with Crippen molar-refractivity contribution in [2.24, 2.45) is 0 Å². The molecule has 1 fully saturated rings. The standard InChI is InChI=1S/C24H27NO5/c1-15-6-4-5-11-25(15)14-19-20(26)9-8-18-23(27)22(30-24(18)19)13-16-12-17(28-2)7-10-21(16)29-3/h7-10,12-13,15,26H,4-6,11,14H2,1-3H3/p+1/b22-13-/t15-/m0/s1. The number of aromatic hydroxyl groups is 1. The van der Waals surface area contributed by atoms with Crippen LogP contribution in [0.5, 0.6) is 23.0 Å². The minimum absolute atomic E-state index is 0.173. The number of allylic oxidation sites excluding steroid dienone is 1. The average Bonchev–Trinajstić information content (AvgIpc) is 3.07. The number of ether oxygens (including phenoxy) is 3. The van der Waals surface area contributed by atoms with Crippen LogP contribution in [-0.2, 0) is 6.54 Å². The van der Waals surface area contributed by atoms with E-state index in [-0.39, 0.29) is 17.3 Å². The van der Waals surface area contributed by atoms with Crippen molar-refractivity contribution in [3.05, 3.63) is 52.8 Å². The molecule has 4 rings (SSSR count). The summed E-state index contributed by atoms with van der Waals surface area (Å²) in [6, 6.07) is 9.13. The van der Waals surface area contributed by atoms with Gasteiger partial charge >= 0.3 is 0 Å². The molecule has 0 amide bonds. The first-order valence-corrected chi connectivity index (χ1v) is 10.4. The molecule has 1 saturated heterocycles. The molecule has 2 N–H and O–H groups in total. The van der Waals surface area contributed by atoms with Gasteiger partial charge in [0.2, 0.25) is 5.78 Å². The molecule has 2 aliphatic rings. The Hall–Kier alpha value is -2.99. The lowest BCUT2D eigenvalue weighted by atomic mass is 10.0. The average molecular weight is 410 g/mol. The van der Waals surface area contributed by atoms with E-state index in [0.29, 0.717) is 46.5 Å². The molecule has 0 spiro atoms. The Labute approximate surface area is 176 Å². The lowest BCUT2D eigenvalue weighted by molar-refractivity contribution is -0.941. The summed E-state index contributed by atoms with van der Waals surface area (Å²) in [6.07, 6.45) is 5.26. The summed E-state index contributed by atoms with van der Waals surface area (Å²) in [5.41, 5.74) is 1.87. The summed E-state index contributed by atoms with van der Waals surface area (Å²) in [4.78, 5) is 14.4. The Balaban J connectivity index is 1.69. The number of methoxy groups -OCH3 is 2. The third-order valence-electron chi connectivity index (χ3n) is 6.13. The fourth-order valence-corrected chi connectivity index (χ4v) is 4.30. The summed E-state index contributed by atoms with van der Waals surface area (Å²) in [7, 11) is 3.17. The number of likely N-dealkylation sites (tertiary alicyclic amines) is 1. The molecule has 0 radical (unpaired) electrons. The highest BCUT2D eigenvalue weighted by Crippen LogP contribution is 2.40. The maximum Gasteiger partial charge on any atom is 0.231 e. The number of rotatable bonds is 5. The van der Waals surface area contributed by atoms with Crippen molar-refractivity contribution in [3.63, 3.8) is 0 Å². The van der Waals surface area contributed by atoms with E-state index in [1.54, 1.807) is 50.6 Å². The second kappa shape index (κ2) is 8.40. The number of phenolic OH excluding ortho intramolecular Hbond substituents is 1. The van der Waals surface area contributed by atoms with Crippen molar-refractivity contribution in [2.75, 3.05) is 20.8 Å². The molecule has 2 aromatic rings. The first-order valence-electron chi connectivity index (χ1n) is 10.4. The van der Waals surface area contributed by atoms with Gasteiger partial charge in [-0.05, 0) is 62.6 Å². The monoisotopic (exact) mass is 410 g/mol. The topological polar surface area (TPSA) is 69.4 Å². The maximum atomic E-state index is 13.0. The molecule has 0 aliphatic carbocycles. The number of ketones is 1. The first-order chi connectivity index (χ1) is 14.5. The lowest BCUT2D eigenvalue weighted by Gasteiger charge is -2.30. The number of fused-ring (bicyclic) bond motifs is 1. The summed E-state index contributed by atoms with van der Waals surface area (Å²) in [5.74, 6) is 1.94. The highest BCUT2D eigenvalue weighted by atomic mass is 16.5. The van der Waals surface area contributed by atoms with Gasteiger partial charge in [0.1, 0.15) is 23.8 Å². The quantitative estimate of drug-likeness (QED) is 0.742. The summed E-state index contributed by atoms with van der Waals surface area (Å²) in [6.45, 7) is 3.93. The zero-order valence-electron chi connectivity index (χ0n) is 17.7. The number of quaternary nitrogens is 1. The van der Waals surface area contributed by atoms with Crippen LogP contribution in [0.25, 0.3) is 6.08 Å². The van der Waals surface area contributed by atoms with E-state index >= 15 is 0 Å². The van der Waals surface area contributed by atoms with Gasteiger partial charge < -0.3 is 24.2 Å². The predicted molar refractivity (Wildman–Crippen MR) is 113 cm³/mol. The van der Waals surface area contributed by atoms with Gasteiger partial charge in [0, 0.05) is 5.56 Å². The number of carbonyl (C=O) groups excluding carboxylic acids is 1. The molecular weight excluding hydrogens is 382 g/mol. The second-order valence-electron chi connectivity index (χ2n) is 7.97. The van der Waals surface area contributed by atoms with Crippen LogP contribution in [0, 0.1) is 0 Å². The van der Waals surface area contributed by atoms with Gasteiger partial charge in [-0.15, -0.1) is 0 Å². The van der Waals surface area contributed by atoms with E-state index in [2.05, 4.69) is 6.92 Å². The lowest BCUT2D eigenvalue weighted by Crippen LogP contribution is -3.14. The van der Waals surface area contributed by atoms with Crippen LogP contribution in [0.15, 0.2) is 36.1 Å². The Morgan fingerprint density at radius 3 is 2.77 bits per heavy atom. The predicted octanol–water partition coefficient (Wildman–Crippen LogP) is 2.98. The van der Waals surface area contributed by atoms with Crippen molar-refractivity contribution in [1.29, 1.82) is 0 Å². The third-order valence-corrected chi connectivity index (χ3v) is 6.13. The van der Waals surface area contributed by atoms with Crippen LogP contribution in [0.2, 0.25) is 0 Å². The maximum absolute atomic E-state index is 13.0. The van der Waals surface area contributed by atoms with Gasteiger partial charge in [0.15, 0.2) is 11.5 Å². The number of hydrogen-bond donors (Lipinski definition) is 2. The Morgan fingerprint density at radius 1 is 1.20 bits per heavy atom. The first kappa shape index (κ1) is 20.3. The Kier molecular flexibility index (Phi) is 5.68. The summed E-state index contributed by atoms with van der Waals surface area (Å²) < 4.78 is 16.7. The van der Waals surface area contributed by atoms with Crippen LogP contribution in [-0.4, -0.2) is 37.7 Å². The van der Waals surface area contributed by atoms with Crippen molar-refractivity contribution in [3.8, 4) is 23.0 Å². The van der Waals surface area contributed by atoms with Crippen molar-refractivity contribution < 1.29 is 29.0 Å². The number of Topliss-reactive ketones (excluding diaryl/α,β-unsaturated/α-hetero) is 1. The molecule has 0 aromatic heterocycles. The molecule has 0 bridgehead atoms. The van der Waals surface area contributed by atoms with Crippen LogP contribution in [0.4, 0.5) is 0 Å². The molecule has 2 atom stereocenters. The van der Waals surface area contributed by atoms with E-state index in [4.69, 9.17) is 14.2 Å². The zero-order valence-corrected chi connectivity index (χ0v) is 17.7. The number of carbonyl (C=O) groups is 1. The van der Waals surface area contributed by atoms with Crippen LogP contribution < -0.4 is 19.1 Å². The van der Waals surface area contributed by atoms with Gasteiger partial charge in [-0.3, -0.25) is 4.79 Å². The number of hydrogen-bond acceptors (Lipinski definition) is 5. The molecule has 1 unspecified atom stereocenters. The fourth-order valence-electron chi connectivity index (χ4n) is 4.30. The number of phenols is 1. The number of benzene rings is 2. The fraction of sp³-hybridized carbons (Fsp3) is 0.375. The van der Waals surface area contributed by atoms with Crippen molar-refractivity contribution >= 4 is 11.9 Å². The second-order valence-corrected chi connectivity index (χ2v) is 7.97. The van der Waals surface area contributed by atoms with E-state index in [0.717, 1.165) is 6.54 Å². The van der Waals surface area contributed by atoms with E-state index in [9.17, 15) is 9.90 Å². The minimum atomic E-state index is -0.196. The van der Waals surface area contributed by atoms with E-state index in [1.807, 2.05) is 0 Å². The SMILES string of the molecule is COc1ccc(OC)c(/C=C2\Oc3c(ccc(O)c3C[NH+]3CCCC[C@@H]3C)C2=O)c1. The Bertz CT molecular complexity index is 997. The molecule has 6 nitrogen and oxygen atoms in total. The van der Waals surface area contributed by atoms with E-state index < -0.39 is 0 Å². The largest absolute Gasteiger partial charge is 0.507 e. The normalized spacial score (nSPS) is 22.0. The van der Waals surface area contributed by atoms with Crippen molar-refractivity contribution in [2.45, 2.75) is 38.8 Å². The highest BCUT2D eigenvalue weighted by Gasteiger charge is 2.34. The van der Waals surface area contributed by atoms with Gasteiger partial charge in [-0.2, -0.15) is 0 Å². The van der Waals surface area contributed by atoms with Crippen LogP contribution >= 0.6 is 0 Å².